The average Bonchev–Trinajstić information content (AvgIpc) is 2.74. The molecule has 2 amide bonds. The Bertz CT molecular complexity index is 1040. The lowest BCUT2D eigenvalue weighted by atomic mass is 9.95. The number of urea groups is 1. The third-order valence-electron chi connectivity index (χ3n) is 5.31. The Morgan fingerprint density at radius 2 is 1.72 bits per heavy atom. The van der Waals surface area contributed by atoms with Crippen LogP contribution in [0.25, 0.3) is 0 Å². The first kappa shape index (κ1) is 24.0. The van der Waals surface area contributed by atoms with Crippen LogP contribution in [0.3, 0.4) is 0 Å². The Labute approximate surface area is 183 Å². The van der Waals surface area contributed by atoms with Crippen molar-refractivity contribution in [2.45, 2.75) is 30.3 Å². The first-order chi connectivity index (χ1) is 15.1. The van der Waals surface area contributed by atoms with Gasteiger partial charge in [-0.2, -0.15) is 17.5 Å². The fourth-order valence-electron chi connectivity index (χ4n) is 3.53. The van der Waals surface area contributed by atoms with Gasteiger partial charge in [0.2, 0.25) is 10.0 Å². The molecular weight excluding hydrogens is 450 g/mol. The van der Waals surface area contributed by atoms with E-state index in [9.17, 15) is 30.8 Å². The average molecular weight is 473 g/mol. The molecule has 3 rings (SSSR count). The Hall–Kier alpha value is -2.66. The standard InChI is InChI=1S/C21H23F4N3O3S/c22-17-4-6-19(7-5-17)32(30,31)28-12-9-15(10-13-28)8-11-26-20(29)27-18-3-1-2-16(14-18)21(23,24)25/h1-7,14-15H,8-13H2,(H2,26,27,29). The van der Waals surface area contributed by atoms with Crippen molar-refractivity contribution in [2.75, 3.05) is 25.0 Å². The number of nitrogens with zero attached hydrogens (tertiary/aromatic N) is 1. The Morgan fingerprint density at radius 3 is 2.34 bits per heavy atom. The number of sulfonamides is 1. The van der Waals surface area contributed by atoms with Gasteiger partial charge in [0.25, 0.3) is 0 Å². The maximum Gasteiger partial charge on any atom is 0.416 e. The molecule has 1 heterocycles. The lowest BCUT2D eigenvalue weighted by Crippen LogP contribution is -2.39. The number of anilines is 1. The van der Waals surface area contributed by atoms with Crippen molar-refractivity contribution in [1.82, 2.24) is 9.62 Å². The van der Waals surface area contributed by atoms with Gasteiger partial charge in [0.15, 0.2) is 0 Å². The number of amides is 2. The molecule has 32 heavy (non-hydrogen) atoms. The Balaban J connectivity index is 1.42. The van der Waals surface area contributed by atoms with E-state index in [1.165, 1.54) is 28.6 Å². The predicted molar refractivity (Wildman–Crippen MR) is 111 cm³/mol. The molecular formula is C21H23F4N3O3S. The highest BCUT2D eigenvalue weighted by molar-refractivity contribution is 7.89. The normalized spacial score (nSPS) is 16.0. The van der Waals surface area contributed by atoms with Crippen LogP contribution in [-0.4, -0.2) is 38.4 Å². The molecule has 2 aromatic rings. The maximum absolute atomic E-state index is 13.0. The van der Waals surface area contributed by atoms with Gasteiger partial charge in [-0.25, -0.2) is 17.6 Å². The van der Waals surface area contributed by atoms with E-state index in [-0.39, 0.29) is 16.5 Å². The number of rotatable bonds is 6. The molecule has 1 aliphatic rings. The largest absolute Gasteiger partial charge is 0.416 e. The van der Waals surface area contributed by atoms with Crippen LogP contribution in [0.5, 0.6) is 0 Å². The second kappa shape index (κ2) is 9.86. The summed E-state index contributed by atoms with van der Waals surface area (Å²) < 4.78 is 77.9. The molecule has 1 saturated heterocycles. The highest BCUT2D eigenvalue weighted by Gasteiger charge is 2.31. The van der Waals surface area contributed by atoms with Crippen LogP contribution >= 0.6 is 0 Å². The monoisotopic (exact) mass is 473 g/mol. The number of nitrogens with one attached hydrogen (secondary N) is 2. The number of alkyl halides is 3. The zero-order valence-electron chi connectivity index (χ0n) is 17.0. The quantitative estimate of drug-likeness (QED) is 0.609. The third-order valence-corrected chi connectivity index (χ3v) is 7.22. The molecule has 1 fully saturated rings. The van der Waals surface area contributed by atoms with Gasteiger partial charge >= 0.3 is 12.2 Å². The van der Waals surface area contributed by atoms with Gasteiger partial charge < -0.3 is 10.6 Å². The van der Waals surface area contributed by atoms with E-state index in [4.69, 9.17) is 0 Å². The molecule has 11 heteroatoms. The summed E-state index contributed by atoms with van der Waals surface area (Å²) >= 11 is 0. The summed E-state index contributed by atoms with van der Waals surface area (Å²) in [5.41, 5.74) is -0.811. The van der Waals surface area contributed by atoms with Crippen molar-refractivity contribution in [3.05, 3.63) is 59.9 Å². The molecule has 0 radical (unpaired) electrons. The minimum atomic E-state index is -4.49. The van der Waals surface area contributed by atoms with Crippen molar-refractivity contribution in [3.8, 4) is 0 Å². The molecule has 174 valence electrons. The molecule has 1 aliphatic heterocycles. The van der Waals surface area contributed by atoms with E-state index in [0.29, 0.717) is 38.9 Å². The SMILES string of the molecule is O=C(NCCC1CCN(S(=O)(=O)c2ccc(F)cc2)CC1)Nc1cccc(C(F)(F)F)c1. The first-order valence-corrected chi connectivity index (χ1v) is 11.5. The van der Waals surface area contributed by atoms with Gasteiger partial charge in [0.1, 0.15) is 5.82 Å². The topological polar surface area (TPSA) is 78.5 Å². The van der Waals surface area contributed by atoms with Gasteiger partial charge in [0, 0.05) is 25.3 Å². The predicted octanol–water partition coefficient (Wildman–Crippen LogP) is 4.46. The van der Waals surface area contributed by atoms with Crippen LogP contribution in [0.4, 0.5) is 28.0 Å². The van der Waals surface area contributed by atoms with Gasteiger partial charge in [-0.05, 0) is 67.6 Å². The Morgan fingerprint density at radius 1 is 1.06 bits per heavy atom. The van der Waals surface area contributed by atoms with Gasteiger partial charge in [-0.3, -0.25) is 0 Å². The molecule has 0 aliphatic carbocycles. The van der Waals surface area contributed by atoms with Crippen LogP contribution in [0, 0.1) is 11.7 Å². The molecule has 0 aromatic heterocycles. The van der Waals surface area contributed by atoms with E-state index in [1.807, 2.05) is 0 Å². The highest BCUT2D eigenvalue weighted by atomic mass is 32.2. The lowest BCUT2D eigenvalue weighted by molar-refractivity contribution is -0.137. The van der Waals surface area contributed by atoms with Crippen molar-refractivity contribution in [2.24, 2.45) is 5.92 Å². The second-order valence-corrected chi connectivity index (χ2v) is 9.49. The van der Waals surface area contributed by atoms with Crippen molar-refractivity contribution < 1.29 is 30.8 Å². The molecule has 2 aromatic carbocycles. The summed E-state index contributed by atoms with van der Waals surface area (Å²) in [6.07, 6.45) is -2.66. The number of halogens is 4. The fourth-order valence-corrected chi connectivity index (χ4v) is 5.00. The zero-order valence-corrected chi connectivity index (χ0v) is 17.8. The molecule has 0 atom stereocenters. The number of carbonyl (C=O) groups excluding carboxylic acids is 1. The number of hydrogen-bond acceptors (Lipinski definition) is 3. The number of hydrogen-bond donors (Lipinski definition) is 2. The summed E-state index contributed by atoms with van der Waals surface area (Å²) in [6.45, 7) is 0.946. The minimum absolute atomic E-state index is 0.0385. The van der Waals surface area contributed by atoms with Crippen LogP contribution in [0.1, 0.15) is 24.8 Å². The summed E-state index contributed by atoms with van der Waals surface area (Å²) in [5, 5.41) is 4.99. The van der Waals surface area contributed by atoms with Crippen LogP contribution in [0.15, 0.2) is 53.4 Å². The highest BCUT2D eigenvalue weighted by Crippen LogP contribution is 2.30. The van der Waals surface area contributed by atoms with Gasteiger partial charge in [0.05, 0.1) is 10.5 Å². The van der Waals surface area contributed by atoms with E-state index in [2.05, 4.69) is 10.6 Å². The number of piperidine rings is 1. The summed E-state index contributed by atoms with van der Waals surface area (Å²) in [7, 11) is -3.68. The van der Waals surface area contributed by atoms with E-state index in [1.54, 1.807) is 0 Å². The van der Waals surface area contributed by atoms with Crippen LogP contribution < -0.4 is 10.6 Å². The lowest BCUT2D eigenvalue weighted by Gasteiger charge is -2.31. The van der Waals surface area contributed by atoms with E-state index >= 15 is 0 Å². The summed E-state index contributed by atoms with van der Waals surface area (Å²) in [5.74, 6) is -0.309. The van der Waals surface area contributed by atoms with Gasteiger partial charge in [-0.1, -0.05) is 6.07 Å². The molecule has 0 unspecified atom stereocenters. The molecule has 2 N–H and O–H groups in total. The minimum Gasteiger partial charge on any atom is -0.338 e. The maximum atomic E-state index is 13.0. The Kier molecular flexibility index (Phi) is 7.40. The fraction of sp³-hybridized carbons (Fsp3) is 0.381. The van der Waals surface area contributed by atoms with Crippen molar-refractivity contribution in [3.63, 3.8) is 0 Å². The molecule has 6 nitrogen and oxygen atoms in total. The van der Waals surface area contributed by atoms with Crippen LogP contribution in [0.2, 0.25) is 0 Å². The van der Waals surface area contributed by atoms with E-state index < -0.39 is 33.6 Å². The van der Waals surface area contributed by atoms with Crippen molar-refractivity contribution >= 4 is 21.7 Å². The molecule has 0 saturated carbocycles. The third kappa shape index (κ3) is 6.19. The van der Waals surface area contributed by atoms with Crippen molar-refractivity contribution in [1.29, 1.82) is 0 Å². The van der Waals surface area contributed by atoms with Crippen LogP contribution in [-0.2, 0) is 16.2 Å². The van der Waals surface area contributed by atoms with Gasteiger partial charge in [-0.15, -0.1) is 0 Å². The summed E-state index contributed by atoms with van der Waals surface area (Å²) in [4.78, 5) is 12.0. The molecule has 0 bridgehead atoms. The molecule has 0 spiro atoms. The zero-order chi connectivity index (χ0) is 23.4. The van der Waals surface area contributed by atoms with E-state index in [0.717, 1.165) is 24.3 Å². The smallest absolute Gasteiger partial charge is 0.338 e. The number of benzene rings is 2. The number of carbonyl (C=O) groups is 1. The first-order valence-electron chi connectivity index (χ1n) is 10.0. The summed E-state index contributed by atoms with van der Waals surface area (Å²) in [6, 6.07) is 8.44. The second-order valence-electron chi connectivity index (χ2n) is 7.55.